The Morgan fingerprint density at radius 3 is 2.75 bits per heavy atom. The van der Waals surface area contributed by atoms with Crippen molar-refractivity contribution in [2.24, 2.45) is 0 Å². The molecule has 0 spiro atoms. The highest BCUT2D eigenvalue weighted by molar-refractivity contribution is 14.1. The van der Waals surface area contributed by atoms with E-state index in [1.165, 1.54) is 12.1 Å². The van der Waals surface area contributed by atoms with Gasteiger partial charge in [0.05, 0.1) is 6.20 Å². The smallest absolute Gasteiger partial charge is 0.268 e. The van der Waals surface area contributed by atoms with Gasteiger partial charge in [0, 0.05) is 0 Å². The lowest BCUT2D eigenvalue weighted by Gasteiger charge is -2.01. The quantitative estimate of drug-likeness (QED) is 0.771. The third-order valence-corrected chi connectivity index (χ3v) is 2.79. The van der Waals surface area contributed by atoms with Crippen molar-refractivity contribution in [1.29, 1.82) is 0 Å². The van der Waals surface area contributed by atoms with Crippen LogP contribution in [0.5, 0.6) is 5.88 Å². The summed E-state index contributed by atoms with van der Waals surface area (Å²) in [7, 11) is 0. The summed E-state index contributed by atoms with van der Waals surface area (Å²) in [5.41, 5.74) is -0.181. The monoisotopic (exact) mass is 333 g/mol. The van der Waals surface area contributed by atoms with E-state index >= 15 is 0 Å². The number of pyridine rings is 1. The Hall–Kier alpha value is -1.51. The number of nitrogens with one attached hydrogen (secondary N) is 1. The van der Waals surface area contributed by atoms with E-state index in [-0.39, 0.29) is 21.0 Å². The first-order valence-corrected chi connectivity index (χ1v) is 5.26. The van der Waals surface area contributed by atoms with Crippen LogP contribution in [0.3, 0.4) is 0 Å². The fourth-order valence-electron chi connectivity index (χ4n) is 1.08. The summed E-state index contributed by atoms with van der Waals surface area (Å²) >= 11 is 1.67. The van der Waals surface area contributed by atoms with Gasteiger partial charge in [-0.1, -0.05) is 0 Å². The molecule has 2 rings (SSSR count). The highest BCUT2D eigenvalue weighted by Gasteiger charge is 2.09. The summed E-state index contributed by atoms with van der Waals surface area (Å²) in [5.74, 6) is -0.755. The molecule has 0 fully saturated rings. The maximum absolute atomic E-state index is 12.6. The second-order valence-electron chi connectivity index (χ2n) is 2.91. The molecular formula is C9H5FIN3O2. The zero-order valence-corrected chi connectivity index (χ0v) is 9.90. The van der Waals surface area contributed by atoms with Gasteiger partial charge in [-0.05, 0) is 34.7 Å². The summed E-state index contributed by atoms with van der Waals surface area (Å²) in [6, 6.07) is 2.55. The molecule has 0 saturated carbocycles. The van der Waals surface area contributed by atoms with Gasteiger partial charge in [0.1, 0.15) is 15.1 Å². The van der Waals surface area contributed by atoms with Crippen molar-refractivity contribution in [2.75, 3.05) is 0 Å². The molecule has 0 radical (unpaired) electrons. The van der Waals surface area contributed by atoms with Crippen molar-refractivity contribution in [1.82, 2.24) is 15.0 Å². The highest BCUT2D eigenvalue weighted by atomic mass is 127. The third kappa shape index (κ3) is 2.03. The molecular weight excluding hydrogens is 328 g/mol. The molecule has 0 saturated heterocycles. The maximum Gasteiger partial charge on any atom is 0.268 e. The van der Waals surface area contributed by atoms with Crippen molar-refractivity contribution in [2.45, 2.75) is 0 Å². The Balaban J connectivity index is 2.57. The second kappa shape index (κ2) is 4.16. The number of aromatic nitrogens is 3. The van der Waals surface area contributed by atoms with E-state index in [0.717, 1.165) is 6.20 Å². The maximum atomic E-state index is 12.6. The number of halogens is 2. The molecule has 0 unspecified atom stereocenters. The van der Waals surface area contributed by atoms with Crippen molar-refractivity contribution in [3.63, 3.8) is 0 Å². The first-order chi connectivity index (χ1) is 7.58. The minimum atomic E-state index is -0.485. The number of aromatic amines is 1. The van der Waals surface area contributed by atoms with Gasteiger partial charge >= 0.3 is 0 Å². The van der Waals surface area contributed by atoms with Crippen LogP contribution in [-0.2, 0) is 0 Å². The zero-order valence-electron chi connectivity index (χ0n) is 7.74. The number of hydrogen-bond acceptors (Lipinski definition) is 4. The molecule has 0 aliphatic rings. The van der Waals surface area contributed by atoms with Crippen LogP contribution in [0.2, 0.25) is 0 Å². The van der Waals surface area contributed by atoms with Gasteiger partial charge in [-0.3, -0.25) is 4.79 Å². The van der Waals surface area contributed by atoms with E-state index in [2.05, 4.69) is 15.0 Å². The molecule has 0 atom stereocenters. The largest absolute Gasteiger partial charge is 0.492 e. The first-order valence-electron chi connectivity index (χ1n) is 4.18. The molecule has 5 nitrogen and oxygen atoms in total. The Morgan fingerprint density at radius 2 is 2.19 bits per heavy atom. The Labute approximate surface area is 103 Å². The van der Waals surface area contributed by atoms with Crippen molar-refractivity contribution >= 4 is 22.6 Å². The molecule has 0 bridgehead atoms. The van der Waals surface area contributed by atoms with E-state index in [0.29, 0.717) is 0 Å². The van der Waals surface area contributed by atoms with Gasteiger partial charge in [-0.25, -0.2) is 9.37 Å². The molecule has 0 aliphatic heterocycles. The normalized spacial score (nSPS) is 10.4. The predicted octanol–water partition coefficient (Wildman–Crippen LogP) is 1.28. The third-order valence-electron chi connectivity index (χ3n) is 1.82. The molecule has 0 aliphatic carbocycles. The van der Waals surface area contributed by atoms with Gasteiger partial charge in [-0.15, -0.1) is 0 Å². The van der Waals surface area contributed by atoms with Gasteiger partial charge in [0.25, 0.3) is 5.56 Å². The number of nitrogens with zero attached hydrogens (tertiary/aromatic N) is 2. The van der Waals surface area contributed by atoms with E-state index in [4.69, 9.17) is 0 Å². The molecule has 7 heteroatoms. The number of H-pyrrole nitrogens is 1. The van der Waals surface area contributed by atoms with Gasteiger partial charge < -0.3 is 10.1 Å². The standard InChI is InChI=1S/C9H5FIN3O2/c10-4-1-2-5(12-3-4)7-13-8(15)6(11)9(16)14-7/h1-3H,(H2,13,14,15,16). The summed E-state index contributed by atoms with van der Waals surface area (Å²) in [6.07, 6.45) is 1.00. The first kappa shape index (κ1) is 11.0. The molecule has 82 valence electrons. The molecule has 0 aromatic carbocycles. The Kier molecular flexibility index (Phi) is 2.86. The average Bonchev–Trinajstić information content (AvgIpc) is 2.26. The lowest BCUT2D eigenvalue weighted by Crippen LogP contribution is -2.12. The van der Waals surface area contributed by atoms with Crippen LogP contribution < -0.4 is 5.56 Å². The van der Waals surface area contributed by atoms with Crippen LogP contribution in [0.15, 0.2) is 23.1 Å². The molecule has 2 N–H and O–H groups in total. The molecule has 2 heterocycles. The topological polar surface area (TPSA) is 78.9 Å². The number of hydrogen-bond donors (Lipinski definition) is 2. The molecule has 2 aromatic heterocycles. The van der Waals surface area contributed by atoms with E-state index in [1.807, 2.05) is 0 Å². The van der Waals surface area contributed by atoms with E-state index < -0.39 is 11.4 Å². The van der Waals surface area contributed by atoms with Gasteiger partial charge in [0.2, 0.25) is 5.88 Å². The summed E-state index contributed by atoms with van der Waals surface area (Å²) in [6.45, 7) is 0. The Morgan fingerprint density at radius 1 is 1.44 bits per heavy atom. The van der Waals surface area contributed by atoms with Crippen molar-refractivity contribution in [3.05, 3.63) is 38.1 Å². The minimum Gasteiger partial charge on any atom is -0.492 e. The fourth-order valence-corrected chi connectivity index (χ4v) is 1.34. The number of rotatable bonds is 1. The molecule has 16 heavy (non-hydrogen) atoms. The van der Waals surface area contributed by atoms with Crippen LogP contribution in [0.4, 0.5) is 4.39 Å². The van der Waals surface area contributed by atoms with Crippen molar-refractivity contribution in [3.8, 4) is 17.4 Å². The van der Waals surface area contributed by atoms with Gasteiger partial charge in [0.15, 0.2) is 5.82 Å². The lowest BCUT2D eigenvalue weighted by molar-refractivity contribution is 0.447. The SMILES string of the molecule is O=c1[nH]c(-c2ccc(F)cn2)nc(O)c1I. The second-order valence-corrected chi connectivity index (χ2v) is 3.99. The van der Waals surface area contributed by atoms with E-state index in [1.54, 1.807) is 22.6 Å². The van der Waals surface area contributed by atoms with Crippen molar-refractivity contribution < 1.29 is 9.50 Å². The van der Waals surface area contributed by atoms with Crippen LogP contribution >= 0.6 is 22.6 Å². The average molecular weight is 333 g/mol. The van der Waals surface area contributed by atoms with Crippen LogP contribution in [0.25, 0.3) is 11.5 Å². The van der Waals surface area contributed by atoms with Crippen LogP contribution in [-0.4, -0.2) is 20.1 Å². The van der Waals surface area contributed by atoms with Crippen LogP contribution in [0, 0.1) is 9.39 Å². The highest BCUT2D eigenvalue weighted by Crippen LogP contribution is 2.16. The predicted molar refractivity (Wildman–Crippen MR) is 62.4 cm³/mol. The fraction of sp³-hybridized carbons (Fsp3) is 0. The summed E-state index contributed by atoms with van der Waals surface area (Å²) in [4.78, 5) is 21.2. The molecule has 0 amide bonds. The summed E-state index contributed by atoms with van der Waals surface area (Å²) in [5, 5.41) is 9.36. The van der Waals surface area contributed by atoms with Crippen LogP contribution in [0.1, 0.15) is 0 Å². The zero-order chi connectivity index (χ0) is 11.7. The number of aromatic hydroxyl groups is 1. The molecule has 2 aromatic rings. The van der Waals surface area contributed by atoms with Gasteiger partial charge in [-0.2, -0.15) is 4.98 Å². The Bertz CT molecular complexity index is 582. The lowest BCUT2D eigenvalue weighted by atomic mass is 10.3. The van der Waals surface area contributed by atoms with E-state index in [9.17, 15) is 14.3 Å². The summed E-state index contributed by atoms with van der Waals surface area (Å²) < 4.78 is 12.7. The minimum absolute atomic E-state index is 0.0999.